The molecule has 31 heavy (non-hydrogen) atoms. The Morgan fingerprint density at radius 2 is 1.87 bits per heavy atom. The lowest BCUT2D eigenvalue weighted by Crippen LogP contribution is -2.58. The predicted octanol–water partition coefficient (Wildman–Crippen LogP) is 0.838. The van der Waals surface area contributed by atoms with Crippen molar-refractivity contribution >= 4 is 21.8 Å². The number of carbonyl (C=O) groups is 2. The van der Waals surface area contributed by atoms with Crippen LogP contribution in [0.2, 0.25) is 0 Å². The van der Waals surface area contributed by atoms with E-state index in [-0.39, 0.29) is 22.8 Å². The van der Waals surface area contributed by atoms with E-state index in [0.717, 1.165) is 38.1 Å². The largest absolute Gasteiger partial charge is 0.353 e. The van der Waals surface area contributed by atoms with E-state index in [0.29, 0.717) is 32.4 Å². The van der Waals surface area contributed by atoms with Crippen molar-refractivity contribution in [2.75, 3.05) is 26.2 Å². The Balaban J connectivity index is 1.37. The van der Waals surface area contributed by atoms with E-state index in [9.17, 15) is 22.4 Å². The molecule has 0 unspecified atom stereocenters. The zero-order valence-electron chi connectivity index (χ0n) is 17.4. The van der Waals surface area contributed by atoms with Gasteiger partial charge in [0.2, 0.25) is 21.8 Å². The number of rotatable bonds is 6. The Hall–Kier alpha value is -2.04. The summed E-state index contributed by atoms with van der Waals surface area (Å²) in [5.41, 5.74) is 0. The minimum Gasteiger partial charge on any atom is -0.353 e. The third kappa shape index (κ3) is 5.07. The molecule has 0 saturated carbocycles. The number of fused-ring (bicyclic) bond motifs is 1. The number of sulfonamides is 1. The van der Waals surface area contributed by atoms with Crippen molar-refractivity contribution in [3.8, 4) is 0 Å². The average molecular weight is 453 g/mol. The second kappa shape index (κ2) is 9.22. The number of hydrogen-bond donors (Lipinski definition) is 2. The number of piperazine rings is 1. The second-order valence-corrected chi connectivity index (χ2v) is 10.3. The van der Waals surface area contributed by atoms with Gasteiger partial charge in [-0.05, 0) is 56.4 Å². The molecule has 10 heteroatoms. The van der Waals surface area contributed by atoms with E-state index in [4.69, 9.17) is 0 Å². The molecule has 1 aromatic carbocycles. The molecule has 2 N–H and O–H groups in total. The molecule has 4 rings (SSSR count). The van der Waals surface area contributed by atoms with Gasteiger partial charge in [-0.25, -0.2) is 17.5 Å². The van der Waals surface area contributed by atoms with Crippen LogP contribution in [0.3, 0.4) is 0 Å². The molecule has 0 aliphatic carbocycles. The zero-order chi connectivity index (χ0) is 22.0. The Morgan fingerprint density at radius 3 is 2.58 bits per heavy atom. The number of nitrogens with zero attached hydrogens (tertiary/aromatic N) is 2. The van der Waals surface area contributed by atoms with Crippen LogP contribution in [0.15, 0.2) is 29.2 Å². The highest BCUT2D eigenvalue weighted by Gasteiger charge is 2.44. The summed E-state index contributed by atoms with van der Waals surface area (Å²) >= 11 is 0. The monoisotopic (exact) mass is 452 g/mol. The van der Waals surface area contributed by atoms with Gasteiger partial charge in [0.25, 0.3) is 0 Å². The number of amides is 2. The van der Waals surface area contributed by atoms with Gasteiger partial charge in [0, 0.05) is 44.7 Å². The Morgan fingerprint density at radius 1 is 1.16 bits per heavy atom. The minimum absolute atomic E-state index is 0.00299. The Kier molecular flexibility index (Phi) is 6.59. The normalized spacial score (nSPS) is 27.1. The van der Waals surface area contributed by atoms with Crippen LogP contribution in [0.4, 0.5) is 4.39 Å². The molecule has 8 nitrogen and oxygen atoms in total. The highest BCUT2D eigenvalue weighted by molar-refractivity contribution is 7.89. The van der Waals surface area contributed by atoms with Crippen LogP contribution < -0.4 is 10.0 Å². The van der Waals surface area contributed by atoms with Gasteiger partial charge in [-0.3, -0.25) is 14.5 Å². The smallest absolute Gasteiger partial charge is 0.240 e. The minimum atomic E-state index is -3.81. The molecule has 3 fully saturated rings. The summed E-state index contributed by atoms with van der Waals surface area (Å²) in [6, 6.07) is 3.82. The molecule has 0 aromatic heterocycles. The number of piperidine rings is 1. The quantitative estimate of drug-likeness (QED) is 0.667. The molecular weight excluding hydrogens is 423 g/mol. The molecule has 3 aliphatic heterocycles. The maximum atomic E-state index is 13.1. The van der Waals surface area contributed by atoms with E-state index in [1.165, 1.54) is 18.6 Å². The third-order valence-corrected chi connectivity index (χ3v) is 8.01. The van der Waals surface area contributed by atoms with E-state index in [2.05, 4.69) is 10.0 Å². The molecule has 0 bridgehead atoms. The number of carbonyl (C=O) groups excluding carboxylic acids is 2. The maximum Gasteiger partial charge on any atom is 0.240 e. The SMILES string of the molecule is O=C1NC[C@@H](CCC(=O)N2CCCCC2)N2C[C@@H](NS(=O)(=O)c3ccc(F)cc3)C[C@@H]12. The van der Waals surface area contributed by atoms with Crippen molar-refractivity contribution in [3.63, 3.8) is 0 Å². The summed E-state index contributed by atoms with van der Waals surface area (Å²) in [6.07, 6.45) is 4.69. The molecule has 0 spiro atoms. The van der Waals surface area contributed by atoms with E-state index >= 15 is 0 Å². The fraction of sp³-hybridized carbons (Fsp3) is 0.619. The van der Waals surface area contributed by atoms with Gasteiger partial charge in [0.1, 0.15) is 5.82 Å². The standard InChI is InChI=1S/C21H29FN4O4S/c22-15-4-7-18(8-5-15)31(29,30)24-16-12-19-21(28)23-13-17(26(19)14-16)6-9-20(27)25-10-2-1-3-11-25/h4-5,7-8,16-17,19,24H,1-3,6,9-14H2,(H,23,28)/t16-,17+,19-/m0/s1. The summed E-state index contributed by atoms with van der Waals surface area (Å²) in [4.78, 5) is 28.9. The lowest BCUT2D eigenvalue weighted by atomic mass is 10.0. The van der Waals surface area contributed by atoms with Crippen LogP contribution in [0.5, 0.6) is 0 Å². The molecular formula is C21H29FN4O4S. The number of likely N-dealkylation sites (tertiary alicyclic amines) is 1. The molecule has 3 heterocycles. The topological polar surface area (TPSA) is 98.8 Å². The first kappa shape index (κ1) is 22.2. The first-order chi connectivity index (χ1) is 14.8. The number of nitrogens with one attached hydrogen (secondary N) is 2. The molecule has 3 aliphatic rings. The van der Waals surface area contributed by atoms with Crippen LogP contribution in [0.25, 0.3) is 0 Å². The fourth-order valence-corrected chi connectivity index (χ4v) is 6.06. The lowest BCUT2D eigenvalue weighted by Gasteiger charge is -2.37. The van der Waals surface area contributed by atoms with Crippen molar-refractivity contribution in [1.29, 1.82) is 0 Å². The van der Waals surface area contributed by atoms with Gasteiger partial charge in [-0.1, -0.05) is 0 Å². The number of halogens is 1. The first-order valence-electron chi connectivity index (χ1n) is 10.9. The van der Waals surface area contributed by atoms with Crippen LogP contribution >= 0.6 is 0 Å². The highest BCUT2D eigenvalue weighted by atomic mass is 32.2. The van der Waals surface area contributed by atoms with Crippen molar-refractivity contribution in [2.24, 2.45) is 0 Å². The van der Waals surface area contributed by atoms with Crippen molar-refractivity contribution < 1.29 is 22.4 Å². The van der Waals surface area contributed by atoms with Crippen LogP contribution in [0, 0.1) is 5.82 Å². The molecule has 1 aromatic rings. The number of hydrogen-bond acceptors (Lipinski definition) is 5. The maximum absolute atomic E-state index is 13.1. The molecule has 3 atom stereocenters. The molecule has 2 amide bonds. The summed E-state index contributed by atoms with van der Waals surface area (Å²) in [5.74, 6) is -0.460. The van der Waals surface area contributed by atoms with Crippen molar-refractivity contribution in [1.82, 2.24) is 19.8 Å². The zero-order valence-corrected chi connectivity index (χ0v) is 18.2. The summed E-state index contributed by atoms with van der Waals surface area (Å²) < 4.78 is 41.1. The second-order valence-electron chi connectivity index (χ2n) is 8.60. The molecule has 0 radical (unpaired) electrons. The van der Waals surface area contributed by atoms with E-state index in [1.807, 2.05) is 9.80 Å². The van der Waals surface area contributed by atoms with Gasteiger partial charge in [-0.2, -0.15) is 0 Å². The van der Waals surface area contributed by atoms with E-state index < -0.39 is 27.9 Å². The number of benzene rings is 1. The Labute approximate surface area is 182 Å². The van der Waals surface area contributed by atoms with E-state index in [1.54, 1.807) is 0 Å². The van der Waals surface area contributed by atoms with Crippen LogP contribution in [-0.2, 0) is 19.6 Å². The van der Waals surface area contributed by atoms with Gasteiger partial charge < -0.3 is 10.2 Å². The van der Waals surface area contributed by atoms with Gasteiger partial charge in [0.15, 0.2) is 0 Å². The van der Waals surface area contributed by atoms with Crippen molar-refractivity contribution in [3.05, 3.63) is 30.1 Å². The lowest BCUT2D eigenvalue weighted by molar-refractivity contribution is -0.133. The average Bonchev–Trinajstić information content (AvgIpc) is 3.18. The fourth-order valence-electron chi connectivity index (χ4n) is 4.82. The first-order valence-corrected chi connectivity index (χ1v) is 12.4. The summed E-state index contributed by atoms with van der Waals surface area (Å²) in [5, 5.41) is 2.90. The van der Waals surface area contributed by atoms with Gasteiger partial charge in [-0.15, -0.1) is 0 Å². The predicted molar refractivity (Wildman–Crippen MR) is 112 cm³/mol. The van der Waals surface area contributed by atoms with Crippen molar-refractivity contribution in [2.45, 2.75) is 61.5 Å². The highest BCUT2D eigenvalue weighted by Crippen LogP contribution is 2.27. The van der Waals surface area contributed by atoms with Crippen LogP contribution in [0.1, 0.15) is 38.5 Å². The summed E-state index contributed by atoms with van der Waals surface area (Å²) in [7, 11) is -3.81. The molecule has 3 saturated heterocycles. The third-order valence-electron chi connectivity index (χ3n) is 6.47. The van der Waals surface area contributed by atoms with Gasteiger partial charge >= 0.3 is 0 Å². The Bertz CT molecular complexity index is 918. The summed E-state index contributed by atoms with van der Waals surface area (Å²) in [6.45, 7) is 2.50. The van der Waals surface area contributed by atoms with Crippen LogP contribution in [-0.4, -0.2) is 74.3 Å². The molecule has 170 valence electrons. The van der Waals surface area contributed by atoms with Gasteiger partial charge in [0.05, 0.1) is 10.9 Å².